The molecule has 4 nitrogen and oxygen atoms in total. The highest BCUT2D eigenvalue weighted by Crippen LogP contribution is 2.50. The van der Waals surface area contributed by atoms with Crippen LogP contribution in [0.4, 0.5) is 11.4 Å². The zero-order valence-electron chi connectivity index (χ0n) is 20.1. The van der Waals surface area contributed by atoms with Crippen LogP contribution >= 0.6 is 23.5 Å². The van der Waals surface area contributed by atoms with Crippen LogP contribution in [0.25, 0.3) is 0 Å². The molecule has 1 N–H and O–H groups in total. The van der Waals surface area contributed by atoms with Gasteiger partial charge < -0.3 is 14.7 Å². The van der Waals surface area contributed by atoms with Crippen molar-refractivity contribution in [3.63, 3.8) is 0 Å². The first-order valence-electron chi connectivity index (χ1n) is 12.0. The number of aliphatic carboxylic acids is 1. The SMILES string of the molecule is CCCCC1(CCCC)CSc2cc(OCCC(=O)O)c(SC)cc2N(c2ccccc2)C1. The molecular weight excluding hydrogens is 450 g/mol. The molecule has 0 bridgehead atoms. The first-order chi connectivity index (χ1) is 16.0. The zero-order valence-corrected chi connectivity index (χ0v) is 21.8. The number of hydrogen-bond acceptors (Lipinski definition) is 5. The minimum absolute atomic E-state index is 0.00529. The summed E-state index contributed by atoms with van der Waals surface area (Å²) in [6, 6.07) is 15.1. The molecule has 0 aromatic heterocycles. The number of unbranched alkanes of at least 4 members (excludes halogenated alkanes) is 2. The third kappa shape index (κ3) is 6.86. The number of carboxylic acids is 1. The van der Waals surface area contributed by atoms with Gasteiger partial charge in [0.15, 0.2) is 0 Å². The zero-order chi connectivity index (χ0) is 23.7. The van der Waals surface area contributed by atoms with E-state index < -0.39 is 5.97 Å². The van der Waals surface area contributed by atoms with E-state index in [2.05, 4.69) is 67.5 Å². The minimum Gasteiger partial charge on any atom is -0.492 e. The van der Waals surface area contributed by atoms with Crippen LogP contribution in [0.5, 0.6) is 5.75 Å². The summed E-state index contributed by atoms with van der Waals surface area (Å²) >= 11 is 3.59. The van der Waals surface area contributed by atoms with Gasteiger partial charge in [-0.3, -0.25) is 4.79 Å². The number of nitrogens with zero attached hydrogens (tertiary/aromatic N) is 1. The third-order valence-corrected chi connectivity index (χ3v) is 8.48. The molecule has 0 spiro atoms. The van der Waals surface area contributed by atoms with Gasteiger partial charge in [0, 0.05) is 22.9 Å². The number of hydrogen-bond donors (Lipinski definition) is 1. The van der Waals surface area contributed by atoms with E-state index in [1.54, 1.807) is 11.8 Å². The topological polar surface area (TPSA) is 49.8 Å². The van der Waals surface area contributed by atoms with Gasteiger partial charge in [0.1, 0.15) is 5.75 Å². The highest BCUT2D eigenvalue weighted by atomic mass is 32.2. The fraction of sp³-hybridized carbons (Fsp3) is 0.519. The molecule has 6 heteroatoms. The van der Waals surface area contributed by atoms with Crippen molar-refractivity contribution in [3.05, 3.63) is 42.5 Å². The van der Waals surface area contributed by atoms with E-state index in [4.69, 9.17) is 9.84 Å². The summed E-state index contributed by atoms with van der Waals surface area (Å²) in [6.07, 6.45) is 9.48. The first-order valence-corrected chi connectivity index (χ1v) is 14.2. The third-order valence-electron chi connectivity index (χ3n) is 6.33. The van der Waals surface area contributed by atoms with Gasteiger partial charge in [-0.05, 0) is 48.8 Å². The van der Waals surface area contributed by atoms with E-state index in [9.17, 15) is 4.79 Å². The Morgan fingerprint density at radius 3 is 2.45 bits per heavy atom. The molecule has 0 saturated heterocycles. The van der Waals surface area contributed by atoms with E-state index in [1.165, 1.54) is 54.8 Å². The Morgan fingerprint density at radius 1 is 1.15 bits per heavy atom. The molecule has 0 aliphatic carbocycles. The molecule has 0 fully saturated rings. The van der Waals surface area contributed by atoms with Gasteiger partial charge in [-0.25, -0.2) is 0 Å². The predicted molar refractivity (Wildman–Crippen MR) is 142 cm³/mol. The maximum Gasteiger partial charge on any atom is 0.306 e. The number of benzene rings is 2. The summed E-state index contributed by atoms with van der Waals surface area (Å²) in [6.45, 7) is 5.77. The molecule has 2 aromatic rings. The van der Waals surface area contributed by atoms with Gasteiger partial charge in [-0.15, -0.1) is 23.5 Å². The number of carbonyl (C=O) groups is 1. The second kappa shape index (κ2) is 12.6. The average molecular weight is 488 g/mol. The Hall–Kier alpha value is -1.79. The van der Waals surface area contributed by atoms with Crippen molar-refractivity contribution in [2.45, 2.75) is 68.6 Å². The molecule has 33 heavy (non-hydrogen) atoms. The lowest BCUT2D eigenvalue weighted by Gasteiger charge is -2.37. The van der Waals surface area contributed by atoms with Crippen molar-refractivity contribution in [3.8, 4) is 5.75 Å². The second-order valence-corrected chi connectivity index (χ2v) is 10.7. The van der Waals surface area contributed by atoms with Crippen LogP contribution in [0.2, 0.25) is 0 Å². The number of carboxylic acid groups (broad SMARTS) is 1. The number of rotatable bonds is 12. The molecule has 1 aliphatic heterocycles. The fourth-order valence-electron chi connectivity index (χ4n) is 4.44. The molecule has 0 unspecified atom stereocenters. The molecule has 180 valence electrons. The summed E-state index contributed by atoms with van der Waals surface area (Å²) in [4.78, 5) is 15.8. The fourth-order valence-corrected chi connectivity index (χ4v) is 6.34. The van der Waals surface area contributed by atoms with E-state index in [-0.39, 0.29) is 18.4 Å². The lowest BCUT2D eigenvalue weighted by atomic mass is 9.79. The second-order valence-electron chi connectivity index (χ2n) is 8.88. The number of thioether (sulfide) groups is 2. The van der Waals surface area contributed by atoms with Crippen LogP contribution < -0.4 is 9.64 Å². The quantitative estimate of drug-likeness (QED) is 0.307. The average Bonchev–Trinajstić information content (AvgIpc) is 2.98. The van der Waals surface area contributed by atoms with Crippen LogP contribution in [0.3, 0.4) is 0 Å². The number of fused-ring (bicyclic) bond motifs is 1. The van der Waals surface area contributed by atoms with Gasteiger partial charge in [0.2, 0.25) is 0 Å². The molecule has 1 heterocycles. The lowest BCUT2D eigenvalue weighted by Crippen LogP contribution is -2.36. The Balaban J connectivity index is 2.03. The Kier molecular flexibility index (Phi) is 9.87. The Morgan fingerprint density at radius 2 is 1.85 bits per heavy atom. The smallest absolute Gasteiger partial charge is 0.306 e. The molecule has 2 aromatic carbocycles. The van der Waals surface area contributed by atoms with E-state index in [0.717, 1.165) is 22.9 Å². The van der Waals surface area contributed by atoms with Gasteiger partial charge in [-0.2, -0.15) is 0 Å². The summed E-state index contributed by atoms with van der Waals surface area (Å²) in [5, 5.41) is 9.01. The predicted octanol–water partition coefficient (Wildman–Crippen LogP) is 7.87. The van der Waals surface area contributed by atoms with Crippen LogP contribution in [-0.2, 0) is 4.79 Å². The highest BCUT2D eigenvalue weighted by molar-refractivity contribution is 7.99. The van der Waals surface area contributed by atoms with Gasteiger partial charge in [-0.1, -0.05) is 57.7 Å². The Bertz CT molecular complexity index is 896. The number of ether oxygens (including phenoxy) is 1. The Labute approximate surface area is 207 Å². The first kappa shape index (κ1) is 25.8. The number of anilines is 2. The van der Waals surface area contributed by atoms with E-state index in [0.29, 0.717) is 0 Å². The number of para-hydroxylation sites is 1. The molecule has 1 aliphatic rings. The summed E-state index contributed by atoms with van der Waals surface area (Å²) in [5.74, 6) is 1.05. The maximum absolute atomic E-state index is 11.0. The molecule has 0 radical (unpaired) electrons. The van der Waals surface area contributed by atoms with Gasteiger partial charge >= 0.3 is 5.97 Å². The molecular formula is C27H37NO3S2. The molecule has 3 rings (SSSR count). The van der Waals surface area contributed by atoms with Gasteiger partial charge in [0.05, 0.1) is 23.6 Å². The lowest BCUT2D eigenvalue weighted by molar-refractivity contribution is -0.137. The van der Waals surface area contributed by atoms with Crippen molar-refractivity contribution in [2.75, 3.05) is 30.1 Å². The monoisotopic (exact) mass is 487 g/mol. The van der Waals surface area contributed by atoms with Crippen LogP contribution in [-0.4, -0.2) is 36.2 Å². The van der Waals surface area contributed by atoms with E-state index >= 15 is 0 Å². The molecule has 0 saturated carbocycles. The van der Waals surface area contributed by atoms with Crippen molar-refractivity contribution in [1.29, 1.82) is 0 Å². The van der Waals surface area contributed by atoms with Crippen LogP contribution in [0.1, 0.15) is 58.8 Å². The standard InChI is InChI=1S/C27H37NO3S2/c1-4-6-14-27(15-7-5-2)19-28(21-11-9-8-10-12-21)22-17-25(32-3)23(18-24(22)33-20-27)31-16-13-26(29)30/h8-12,17-18H,4-7,13-16,19-20H2,1-3H3,(H,29,30). The molecule has 0 atom stereocenters. The normalized spacial score (nSPS) is 15.1. The highest BCUT2D eigenvalue weighted by Gasteiger charge is 2.36. The van der Waals surface area contributed by atoms with Gasteiger partial charge in [0.25, 0.3) is 0 Å². The van der Waals surface area contributed by atoms with Crippen molar-refractivity contribution < 1.29 is 14.6 Å². The van der Waals surface area contributed by atoms with Crippen molar-refractivity contribution >= 4 is 40.9 Å². The van der Waals surface area contributed by atoms with Crippen molar-refractivity contribution in [2.24, 2.45) is 5.41 Å². The molecule has 0 amide bonds. The summed E-state index contributed by atoms with van der Waals surface area (Å²) in [5.41, 5.74) is 2.72. The largest absolute Gasteiger partial charge is 0.492 e. The minimum atomic E-state index is -0.836. The summed E-state index contributed by atoms with van der Waals surface area (Å²) < 4.78 is 5.93. The maximum atomic E-state index is 11.0. The van der Waals surface area contributed by atoms with Crippen LogP contribution in [0, 0.1) is 5.41 Å². The van der Waals surface area contributed by atoms with Crippen LogP contribution in [0.15, 0.2) is 52.3 Å². The van der Waals surface area contributed by atoms with Crippen molar-refractivity contribution in [1.82, 2.24) is 0 Å². The summed E-state index contributed by atoms with van der Waals surface area (Å²) in [7, 11) is 0. The van der Waals surface area contributed by atoms with E-state index in [1.807, 2.05) is 11.8 Å².